The average Bonchev–Trinajstić information content (AvgIpc) is 2.79. The first-order valence-corrected chi connectivity index (χ1v) is 7.75. The van der Waals surface area contributed by atoms with Gasteiger partial charge >= 0.3 is 0 Å². The number of imidazole rings is 1. The highest BCUT2D eigenvalue weighted by Gasteiger charge is 2.16. The van der Waals surface area contributed by atoms with E-state index in [0.717, 1.165) is 28.2 Å². The zero-order valence-electron chi connectivity index (χ0n) is 11.3. The molecule has 0 radical (unpaired) electrons. The zero-order valence-corrected chi connectivity index (χ0v) is 13.5. The fourth-order valence-electron chi connectivity index (χ4n) is 2.33. The van der Waals surface area contributed by atoms with Crippen LogP contribution < -0.4 is 0 Å². The number of nitrogens with zero attached hydrogens (tertiary/aromatic N) is 3. The van der Waals surface area contributed by atoms with Gasteiger partial charge in [-0.15, -0.1) is 11.6 Å². The highest BCUT2D eigenvalue weighted by Crippen LogP contribution is 2.28. The lowest BCUT2D eigenvalue weighted by Gasteiger charge is -2.12. The number of hydrogen-bond acceptors (Lipinski definition) is 2. The third kappa shape index (κ3) is 2.61. The molecule has 3 rings (SSSR count). The molecule has 0 aliphatic carbocycles. The Hall–Kier alpha value is -1.29. The summed E-state index contributed by atoms with van der Waals surface area (Å²) in [6.07, 6.45) is 2.26. The van der Waals surface area contributed by atoms with Gasteiger partial charge in [-0.1, -0.05) is 29.3 Å². The van der Waals surface area contributed by atoms with Gasteiger partial charge in [0.25, 0.3) is 0 Å². The van der Waals surface area contributed by atoms with Gasteiger partial charge in [-0.05, 0) is 30.7 Å². The standard InChI is InChI=1S/C15H12Cl3N3/c1-9-11(18)3-2-4-13(9)21-14(5-6-16)20-12-7-10(17)8-19-15(12)21/h2-4,7-8H,5-6H2,1H3. The number of pyridine rings is 1. The summed E-state index contributed by atoms with van der Waals surface area (Å²) in [7, 11) is 0. The van der Waals surface area contributed by atoms with Crippen LogP contribution >= 0.6 is 34.8 Å². The largest absolute Gasteiger partial charge is 0.280 e. The van der Waals surface area contributed by atoms with E-state index in [9.17, 15) is 0 Å². The molecule has 0 bridgehead atoms. The van der Waals surface area contributed by atoms with Crippen LogP contribution in [0, 0.1) is 6.92 Å². The number of aromatic nitrogens is 3. The summed E-state index contributed by atoms with van der Waals surface area (Å²) in [5.74, 6) is 1.33. The Morgan fingerprint density at radius 1 is 1.24 bits per heavy atom. The number of aryl methyl sites for hydroxylation is 1. The quantitative estimate of drug-likeness (QED) is 0.640. The van der Waals surface area contributed by atoms with Crippen molar-refractivity contribution in [1.29, 1.82) is 0 Å². The molecule has 0 spiro atoms. The van der Waals surface area contributed by atoms with Crippen molar-refractivity contribution in [3.63, 3.8) is 0 Å². The fraction of sp³-hybridized carbons (Fsp3) is 0.200. The number of alkyl halides is 1. The molecular formula is C15H12Cl3N3. The van der Waals surface area contributed by atoms with E-state index < -0.39 is 0 Å². The van der Waals surface area contributed by atoms with Crippen molar-refractivity contribution < 1.29 is 0 Å². The summed E-state index contributed by atoms with van der Waals surface area (Å²) in [5.41, 5.74) is 3.44. The Morgan fingerprint density at radius 2 is 2.05 bits per heavy atom. The summed E-state index contributed by atoms with van der Waals surface area (Å²) in [6.45, 7) is 1.98. The molecule has 108 valence electrons. The maximum absolute atomic E-state index is 6.24. The summed E-state index contributed by atoms with van der Waals surface area (Å²) in [4.78, 5) is 9.01. The van der Waals surface area contributed by atoms with E-state index in [0.29, 0.717) is 22.3 Å². The van der Waals surface area contributed by atoms with Crippen molar-refractivity contribution in [2.24, 2.45) is 0 Å². The topological polar surface area (TPSA) is 30.7 Å². The minimum Gasteiger partial charge on any atom is -0.280 e. The predicted molar refractivity (Wildman–Crippen MR) is 88.0 cm³/mol. The molecule has 3 nitrogen and oxygen atoms in total. The lowest BCUT2D eigenvalue weighted by molar-refractivity contribution is 0.900. The molecule has 0 unspecified atom stereocenters. The van der Waals surface area contributed by atoms with Crippen LogP contribution in [-0.2, 0) is 6.42 Å². The SMILES string of the molecule is Cc1c(Cl)cccc1-n1c(CCCl)nc2cc(Cl)cnc21. The fourth-order valence-corrected chi connectivity index (χ4v) is 2.82. The Balaban J connectivity index is 2.33. The molecule has 0 atom stereocenters. The Labute approximate surface area is 137 Å². The second-order valence-electron chi connectivity index (χ2n) is 4.68. The molecule has 3 aromatic rings. The first kappa shape index (κ1) is 14.6. The molecule has 0 aliphatic rings. The third-order valence-corrected chi connectivity index (χ3v) is 4.14. The Kier molecular flexibility index (Phi) is 4.07. The average molecular weight is 341 g/mol. The van der Waals surface area contributed by atoms with E-state index in [4.69, 9.17) is 34.8 Å². The van der Waals surface area contributed by atoms with Crippen LogP contribution in [0.4, 0.5) is 0 Å². The van der Waals surface area contributed by atoms with Gasteiger partial charge in [-0.3, -0.25) is 4.57 Å². The zero-order chi connectivity index (χ0) is 15.0. The van der Waals surface area contributed by atoms with E-state index in [1.54, 1.807) is 12.3 Å². The lowest BCUT2D eigenvalue weighted by atomic mass is 10.2. The molecule has 6 heteroatoms. The van der Waals surface area contributed by atoms with Crippen molar-refractivity contribution in [3.05, 3.63) is 51.9 Å². The van der Waals surface area contributed by atoms with Crippen molar-refractivity contribution >= 4 is 46.0 Å². The lowest BCUT2D eigenvalue weighted by Crippen LogP contribution is -2.05. The van der Waals surface area contributed by atoms with Gasteiger partial charge < -0.3 is 0 Å². The number of halogens is 3. The molecule has 2 aromatic heterocycles. The predicted octanol–water partition coefficient (Wildman–Crippen LogP) is 4.82. The molecule has 0 saturated heterocycles. The maximum Gasteiger partial charge on any atom is 0.164 e. The minimum absolute atomic E-state index is 0.483. The van der Waals surface area contributed by atoms with Crippen LogP contribution in [0.1, 0.15) is 11.4 Å². The van der Waals surface area contributed by atoms with Crippen LogP contribution in [0.5, 0.6) is 0 Å². The summed E-state index contributed by atoms with van der Waals surface area (Å²) in [5, 5.41) is 1.27. The summed E-state index contributed by atoms with van der Waals surface area (Å²) >= 11 is 18.1. The van der Waals surface area contributed by atoms with Gasteiger partial charge in [0.15, 0.2) is 5.65 Å². The number of benzene rings is 1. The first-order chi connectivity index (χ1) is 10.1. The van der Waals surface area contributed by atoms with Gasteiger partial charge in [0, 0.05) is 23.5 Å². The van der Waals surface area contributed by atoms with Crippen molar-refractivity contribution in [2.45, 2.75) is 13.3 Å². The number of rotatable bonds is 3. The number of hydrogen-bond donors (Lipinski definition) is 0. The van der Waals surface area contributed by atoms with Crippen molar-refractivity contribution in [3.8, 4) is 5.69 Å². The van der Waals surface area contributed by atoms with Crippen LogP contribution in [0.3, 0.4) is 0 Å². The van der Waals surface area contributed by atoms with E-state index in [1.165, 1.54) is 0 Å². The van der Waals surface area contributed by atoms with Crippen molar-refractivity contribution in [2.75, 3.05) is 5.88 Å². The van der Waals surface area contributed by atoms with E-state index in [2.05, 4.69) is 9.97 Å². The first-order valence-electron chi connectivity index (χ1n) is 6.46. The van der Waals surface area contributed by atoms with Gasteiger partial charge in [-0.2, -0.15) is 0 Å². The van der Waals surface area contributed by atoms with Crippen LogP contribution in [0.2, 0.25) is 10.0 Å². The van der Waals surface area contributed by atoms with Gasteiger partial charge in [-0.25, -0.2) is 9.97 Å². The van der Waals surface area contributed by atoms with Crippen LogP contribution in [0.15, 0.2) is 30.5 Å². The van der Waals surface area contributed by atoms with E-state index in [1.807, 2.05) is 29.7 Å². The Morgan fingerprint density at radius 3 is 2.81 bits per heavy atom. The Bertz CT molecular complexity index is 811. The van der Waals surface area contributed by atoms with Crippen molar-refractivity contribution in [1.82, 2.24) is 14.5 Å². The third-order valence-electron chi connectivity index (χ3n) is 3.33. The van der Waals surface area contributed by atoms with Gasteiger partial charge in [0.2, 0.25) is 0 Å². The minimum atomic E-state index is 0.483. The molecule has 0 N–H and O–H groups in total. The highest BCUT2D eigenvalue weighted by molar-refractivity contribution is 6.31. The molecule has 0 fully saturated rings. The smallest absolute Gasteiger partial charge is 0.164 e. The monoisotopic (exact) mass is 339 g/mol. The molecular weight excluding hydrogens is 329 g/mol. The normalized spacial score (nSPS) is 11.2. The van der Waals surface area contributed by atoms with E-state index >= 15 is 0 Å². The van der Waals surface area contributed by atoms with E-state index in [-0.39, 0.29) is 0 Å². The van der Waals surface area contributed by atoms with Crippen LogP contribution in [-0.4, -0.2) is 20.4 Å². The van der Waals surface area contributed by atoms with Gasteiger partial charge in [0.1, 0.15) is 11.3 Å². The molecule has 2 heterocycles. The van der Waals surface area contributed by atoms with Crippen LogP contribution in [0.25, 0.3) is 16.9 Å². The van der Waals surface area contributed by atoms with Gasteiger partial charge in [0.05, 0.1) is 10.7 Å². The molecule has 0 saturated carbocycles. The number of fused-ring (bicyclic) bond motifs is 1. The molecule has 21 heavy (non-hydrogen) atoms. The molecule has 0 amide bonds. The second kappa shape index (κ2) is 5.84. The highest BCUT2D eigenvalue weighted by atomic mass is 35.5. The second-order valence-corrected chi connectivity index (χ2v) is 5.90. The molecule has 0 aliphatic heterocycles. The maximum atomic E-state index is 6.24. The summed E-state index contributed by atoms with van der Waals surface area (Å²) < 4.78 is 2.00. The summed E-state index contributed by atoms with van der Waals surface area (Å²) in [6, 6.07) is 7.58. The molecule has 1 aromatic carbocycles.